The van der Waals surface area contributed by atoms with Crippen LogP contribution in [-0.2, 0) is 17.8 Å². The van der Waals surface area contributed by atoms with Crippen molar-refractivity contribution >= 4 is 17.4 Å². The topological polar surface area (TPSA) is 81.1 Å². The quantitative estimate of drug-likeness (QED) is 0.670. The number of nitrogens with zero attached hydrogens (tertiary/aromatic N) is 2. The van der Waals surface area contributed by atoms with Crippen LogP contribution in [0.3, 0.4) is 0 Å². The Morgan fingerprint density at radius 1 is 1.04 bits per heavy atom. The van der Waals surface area contributed by atoms with Gasteiger partial charge in [0.1, 0.15) is 6.54 Å². The second kappa shape index (κ2) is 8.43. The van der Waals surface area contributed by atoms with Crippen molar-refractivity contribution in [2.45, 2.75) is 26.8 Å². The lowest BCUT2D eigenvalue weighted by atomic mass is 10.1. The number of nitrogens with one attached hydrogen (secondary N) is 1. The van der Waals surface area contributed by atoms with E-state index in [9.17, 15) is 14.4 Å². The van der Waals surface area contributed by atoms with Gasteiger partial charge in [0.05, 0.1) is 5.69 Å². The Morgan fingerprint density at radius 3 is 2.46 bits per heavy atom. The van der Waals surface area contributed by atoms with Crippen molar-refractivity contribution in [3.05, 3.63) is 82.1 Å². The highest BCUT2D eigenvalue weighted by Crippen LogP contribution is 2.16. The van der Waals surface area contributed by atoms with Gasteiger partial charge in [0, 0.05) is 22.9 Å². The summed E-state index contributed by atoms with van der Waals surface area (Å²) in [6.07, 6.45) is 0.943. The van der Waals surface area contributed by atoms with Crippen molar-refractivity contribution in [2.75, 3.05) is 5.32 Å². The lowest BCUT2D eigenvalue weighted by Gasteiger charge is -2.09. The summed E-state index contributed by atoms with van der Waals surface area (Å²) < 4.78 is 1.13. The van der Waals surface area contributed by atoms with E-state index in [-0.39, 0.29) is 17.9 Å². The molecule has 0 spiro atoms. The average Bonchev–Trinajstić information content (AvgIpc) is 2.70. The Morgan fingerprint density at radius 2 is 1.79 bits per heavy atom. The Labute approximate surface area is 162 Å². The van der Waals surface area contributed by atoms with Gasteiger partial charge in [-0.1, -0.05) is 43.3 Å². The number of ketones is 1. The number of aromatic nitrogens is 2. The molecule has 3 rings (SSSR count). The maximum Gasteiger partial charge on any atom is 0.267 e. The lowest BCUT2D eigenvalue weighted by Crippen LogP contribution is -2.29. The zero-order valence-corrected chi connectivity index (χ0v) is 15.8. The van der Waals surface area contributed by atoms with Gasteiger partial charge in [-0.3, -0.25) is 14.4 Å². The fourth-order valence-electron chi connectivity index (χ4n) is 2.78. The molecule has 0 saturated carbocycles. The van der Waals surface area contributed by atoms with E-state index in [0.29, 0.717) is 16.9 Å². The number of carbonyl (C=O) groups is 2. The first-order valence-electron chi connectivity index (χ1n) is 9.04. The monoisotopic (exact) mass is 375 g/mol. The molecule has 0 atom stereocenters. The van der Waals surface area contributed by atoms with Crippen LogP contribution in [0.4, 0.5) is 5.69 Å². The summed E-state index contributed by atoms with van der Waals surface area (Å²) in [6, 6.07) is 17.6. The van der Waals surface area contributed by atoms with Crippen LogP contribution in [0.5, 0.6) is 0 Å². The molecule has 1 heterocycles. The minimum atomic E-state index is -0.395. The highest BCUT2D eigenvalue weighted by Gasteiger charge is 2.09. The van der Waals surface area contributed by atoms with Gasteiger partial charge in [0.2, 0.25) is 5.91 Å². The van der Waals surface area contributed by atoms with E-state index in [2.05, 4.69) is 17.3 Å². The fraction of sp³-hybridized carbons (Fsp3) is 0.182. The van der Waals surface area contributed by atoms with Gasteiger partial charge in [0.25, 0.3) is 5.56 Å². The van der Waals surface area contributed by atoms with Gasteiger partial charge in [0.15, 0.2) is 5.78 Å². The Bertz CT molecular complexity index is 1070. The first-order valence-corrected chi connectivity index (χ1v) is 9.04. The van der Waals surface area contributed by atoms with Gasteiger partial charge < -0.3 is 5.32 Å². The molecule has 0 aliphatic carbocycles. The van der Waals surface area contributed by atoms with Crippen LogP contribution < -0.4 is 10.9 Å². The second-order valence-corrected chi connectivity index (χ2v) is 6.45. The molecular weight excluding hydrogens is 354 g/mol. The smallest absolute Gasteiger partial charge is 0.267 e. The summed E-state index contributed by atoms with van der Waals surface area (Å²) in [5, 5.41) is 7.01. The zero-order valence-electron chi connectivity index (χ0n) is 15.8. The number of benzene rings is 2. The van der Waals surface area contributed by atoms with Crippen LogP contribution in [0.1, 0.15) is 29.8 Å². The zero-order chi connectivity index (χ0) is 20.1. The van der Waals surface area contributed by atoms with E-state index in [1.54, 1.807) is 30.3 Å². The summed E-state index contributed by atoms with van der Waals surface area (Å²) in [5.74, 6) is -0.482. The molecule has 0 unspecified atom stereocenters. The van der Waals surface area contributed by atoms with Gasteiger partial charge in [-0.25, -0.2) is 4.68 Å². The van der Waals surface area contributed by atoms with E-state index < -0.39 is 5.91 Å². The SMILES string of the molecule is CCc1ccc(-c2ccc(=O)n(CC(=O)Nc3cccc(C(C)=O)c3)n2)cc1. The number of hydrogen-bond acceptors (Lipinski definition) is 4. The molecule has 1 N–H and O–H groups in total. The number of carbonyl (C=O) groups excluding carboxylic acids is 2. The maximum absolute atomic E-state index is 12.4. The number of Topliss-reactive ketones (excluding diaryl/α,β-unsaturated/α-hetero) is 1. The maximum atomic E-state index is 12.4. The van der Waals surface area contributed by atoms with Crippen LogP contribution in [0.2, 0.25) is 0 Å². The number of anilines is 1. The van der Waals surface area contributed by atoms with Crippen molar-refractivity contribution in [1.82, 2.24) is 9.78 Å². The summed E-state index contributed by atoms with van der Waals surface area (Å²) >= 11 is 0. The van der Waals surface area contributed by atoms with E-state index in [4.69, 9.17) is 0 Å². The molecular formula is C22H21N3O3. The standard InChI is InChI=1S/C22H21N3O3/c1-3-16-7-9-17(10-8-16)20-11-12-22(28)25(24-20)14-21(27)23-19-6-4-5-18(13-19)15(2)26/h4-13H,3,14H2,1-2H3,(H,23,27). The molecule has 6 nitrogen and oxygen atoms in total. The molecule has 0 bridgehead atoms. The Kier molecular flexibility index (Phi) is 5.79. The number of rotatable bonds is 6. The van der Waals surface area contributed by atoms with Crippen LogP contribution in [0, 0.1) is 0 Å². The van der Waals surface area contributed by atoms with Gasteiger partial charge >= 0.3 is 0 Å². The van der Waals surface area contributed by atoms with Crippen molar-refractivity contribution in [3.63, 3.8) is 0 Å². The lowest BCUT2D eigenvalue weighted by molar-refractivity contribution is -0.117. The summed E-state index contributed by atoms with van der Waals surface area (Å²) in [4.78, 5) is 35.9. The molecule has 142 valence electrons. The van der Waals surface area contributed by atoms with E-state index in [1.165, 1.54) is 18.6 Å². The third kappa shape index (κ3) is 4.59. The van der Waals surface area contributed by atoms with Gasteiger partial charge in [-0.05, 0) is 37.1 Å². The van der Waals surface area contributed by atoms with Crippen LogP contribution in [0.25, 0.3) is 11.3 Å². The molecule has 0 aliphatic heterocycles. The first kappa shape index (κ1) is 19.2. The van der Waals surface area contributed by atoms with Crippen molar-refractivity contribution in [2.24, 2.45) is 0 Å². The van der Waals surface area contributed by atoms with Gasteiger partial charge in [-0.2, -0.15) is 5.10 Å². The normalized spacial score (nSPS) is 10.5. The van der Waals surface area contributed by atoms with Crippen molar-refractivity contribution < 1.29 is 9.59 Å². The summed E-state index contributed by atoms with van der Waals surface area (Å²) in [7, 11) is 0. The predicted molar refractivity (Wildman–Crippen MR) is 108 cm³/mol. The van der Waals surface area contributed by atoms with E-state index >= 15 is 0 Å². The molecule has 0 aliphatic rings. The van der Waals surface area contributed by atoms with E-state index in [1.807, 2.05) is 24.3 Å². The highest BCUT2D eigenvalue weighted by atomic mass is 16.2. The average molecular weight is 375 g/mol. The molecule has 2 aromatic carbocycles. The molecule has 6 heteroatoms. The largest absolute Gasteiger partial charge is 0.324 e. The molecule has 3 aromatic rings. The predicted octanol–water partition coefficient (Wildman–Crippen LogP) is 3.31. The van der Waals surface area contributed by atoms with Crippen molar-refractivity contribution in [3.8, 4) is 11.3 Å². The van der Waals surface area contributed by atoms with Crippen LogP contribution in [-0.4, -0.2) is 21.5 Å². The van der Waals surface area contributed by atoms with E-state index in [0.717, 1.165) is 16.7 Å². The molecule has 0 fully saturated rings. The van der Waals surface area contributed by atoms with Crippen LogP contribution >= 0.6 is 0 Å². The van der Waals surface area contributed by atoms with Crippen molar-refractivity contribution in [1.29, 1.82) is 0 Å². The third-order valence-corrected chi connectivity index (χ3v) is 4.37. The molecule has 28 heavy (non-hydrogen) atoms. The first-order chi connectivity index (χ1) is 13.5. The molecule has 0 radical (unpaired) electrons. The van der Waals surface area contributed by atoms with Crippen LogP contribution in [0.15, 0.2) is 65.5 Å². The Hall–Kier alpha value is -3.54. The number of amides is 1. The highest BCUT2D eigenvalue weighted by molar-refractivity contribution is 5.97. The number of hydrogen-bond donors (Lipinski definition) is 1. The summed E-state index contributed by atoms with van der Waals surface area (Å²) in [5.41, 5.74) is 3.35. The molecule has 0 saturated heterocycles. The Balaban J connectivity index is 1.78. The third-order valence-electron chi connectivity index (χ3n) is 4.37. The molecule has 1 aromatic heterocycles. The fourth-order valence-corrected chi connectivity index (χ4v) is 2.78. The number of aryl methyl sites for hydroxylation is 1. The van der Waals surface area contributed by atoms with Gasteiger partial charge in [-0.15, -0.1) is 0 Å². The molecule has 1 amide bonds. The minimum Gasteiger partial charge on any atom is -0.324 e. The summed E-state index contributed by atoms with van der Waals surface area (Å²) in [6.45, 7) is 3.32. The second-order valence-electron chi connectivity index (χ2n) is 6.45. The minimum absolute atomic E-state index is 0.0872.